The van der Waals surface area contributed by atoms with Gasteiger partial charge in [-0.25, -0.2) is 0 Å². The van der Waals surface area contributed by atoms with Crippen LogP contribution < -0.4 is 9.64 Å². The first-order chi connectivity index (χ1) is 10.7. The van der Waals surface area contributed by atoms with Gasteiger partial charge in [0.2, 0.25) is 16.9 Å². The second-order valence-corrected chi connectivity index (χ2v) is 5.61. The molecule has 1 atom stereocenters. The quantitative estimate of drug-likeness (QED) is 0.794. The first kappa shape index (κ1) is 14.8. The summed E-state index contributed by atoms with van der Waals surface area (Å²) in [6.07, 6.45) is 2.12. The molecular weight excluding hydrogens is 300 g/mol. The molecule has 7 heteroatoms. The monoisotopic (exact) mass is 316 g/mol. The number of hydrogen-bond donors (Lipinski definition) is 0. The summed E-state index contributed by atoms with van der Waals surface area (Å²) in [4.78, 5) is 18.2. The Bertz CT molecular complexity index is 722. The van der Waals surface area contributed by atoms with Crippen molar-refractivity contribution in [1.82, 2.24) is 15.2 Å². The summed E-state index contributed by atoms with van der Waals surface area (Å²) in [5.74, 6) is 0.340. The molecule has 1 aliphatic rings. The number of aromatic nitrogens is 3. The van der Waals surface area contributed by atoms with Crippen molar-refractivity contribution in [1.29, 1.82) is 0 Å². The van der Waals surface area contributed by atoms with Gasteiger partial charge in [0.05, 0.1) is 5.69 Å². The maximum absolute atomic E-state index is 12.1. The number of rotatable bonds is 2. The number of thioether (sulfide) groups is 1. The third kappa shape index (κ3) is 2.41. The van der Waals surface area contributed by atoms with Crippen LogP contribution in [0.5, 0.6) is 5.88 Å². The second-order valence-electron chi connectivity index (χ2n) is 4.84. The van der Waals surface area contributed by atoms with Crippen LogP contribution in [0.15, 0.2) is 29.4 Å². The highest BCUT2D eigenvalue weighted by molar-refractivity contribution is 7.98. The van der Waals surface area contributed by atoms with E-state index in [1.807, 2.05) is 37.4 Å². The number of hydrogen-bond acceptors (Lipinski definition) is 6. The van der Waals surface area contributed by atoms with E-state index in [1.165, 1.54) is 18.7 Å². The highest BCUT2D eigenvalue weighted by Crippen LogP contribution is 2.39. The zero-order chi connectivity index (χ0) is 15.7. The lowest BCUT2D eigenvalue weighted by atomic mass is 10.1. The molecule has 0 fully saturated rings. The van der Waals surface area contributed by atoms with Crippen LogP contribution in [0.1, 0.15) is 20.3 Å². The zero-order valence-corrected chi connectivity index (χ0v) is 13.4. The lowest BCUT2D eigenvalue weighted by Gasteiger charge is -2.28. The molecule has 114 valence electrons. The molecule has 0 bridgehead atoms. The molecule has 6 nitrogen and oxygen atoms in total. The number of para-hydroxylation sites is 1. The topological polar surface area (TPSA) is 68.2 Å². The molecule has 0 saturated heterocycles. The Morgan fingerprint density at radius 1 is 1.36 bits per heavy atom. The van der Waals surface area contributed by atoms with Crippen LogP contribution in [-0.4, -0.2) is 33.6 Å². The van der Waals surface area contributed by atoms with Crippen LogP contribution in [0.4, 0.5) is 5.69 Å². The Kier molecular flexibility index (Phi) is 3.98. The van der Waals surface area contributed by atoms with E-state index in [2.05, 4.69) is 15.2 Å². The van der Waals surface area contributed by atoms with Gasteiger partial charge in [-0.05, 0) is 12.3 Å². The van der Waals surface area contributed by atoms with Crippen LogP contribution in [0, 0.1) is 0 Å². The average molecular weight is 316 g/mol. The number of anilines is 1. The summed E-state index contributed by atoms with van der Waals surface area (Å²) >= 11 is 1.40. The van der Waals surface area contributed by atoms with Crippen molar-refractivity contribution in [2.24, 2.45) is 0 Å². The van der Waals surface area contributed by atoms with Gasteiger partial charge in [0.25, 0.3) is 0 Å². The maximum atomic E-state index is 12.1. The van der Waals surface area contributed by atoms with E-state index in [4.69, 9.17) is 4.74 Å². The Balaban J connectivity index is 2.25. The lowest BCUT2D eigenvalue weighted by Crippen LogP contribution is -2.42. The SMILES string of the molecule is CC[C@H]1Oc2nc(SC)nnc2-c2ccccc2N1C(C)=O. The minimum atomic E-state index is -0.411. The van der Waals surface area contributed by atoms with Crippen LogP contribution in [-0.2, 0) is 4.79 Å². The second kappa shape index (κ2) is 5.92. The largest absolute Gasteiger partial charge is 0.451 e. The van der Waals surface area contributed by atoms with Crippen molar-refractivity contribution in [2.75, 3.05) is 11.2 Å². The Morgan fingerprint density at radius 3 is 2.82 bits per heavy atom. The van der Waals surface area contributed by atoms with E-state index in [-0.39, 0.29) is 5.91 Å². The van der Waals surface area contributed by atoms with Crippen LogP contribution in [0.25, 0.3) is 11.3 Å². The molecule has 1 aromatic heterocycles. The smallest absolute Gasteiger partial charge is 0.247 e. The Hall–Kier alpha value is -2.15. The van der Waals surface area contributed by atoms with Crippen molar-refractivity contribution >= 4 is 23.4 Å². The predicted molar refractivity (Wildman–Crippen MR) is 84.9 cm³/mol. The molecule has 0 radical (unpaired) electrons. The molecular formula is C15H16N4O2S. The van der Waals surface area contributed by atoms with Crippen LogP contribution in [0.2, 0.25) is 0 Å². The Morgan fingerprint density at radius 2 is 2.14 bits per heavy atom. The normalized spacial score (nSPS) is 16.3. The van der Waals surface area contributed by atoms with Gasteiger partial charge < -0.3 is 4.74 Å². The van der Waals surface area contributed by atoms with Crippen molar-refractivity contribution in [2.45, 2.75) is 31.7 Å². The number of benzene rings is 1. The third-order valence-corrected chi connectivity index (χ3v) is 4.00. The van der Waals surface area contributed by atoms with Gasteiger partial charge in [-0.2, -0.15) is 4.98 Å². The lowest BCUT2D eigenvalue weighted by molar-refractivity contribution is -0.118. The van der Waals surface area contributed by atoms with E-state index < -0.39 is 6.23 Å². The minimum Gasteiger partial charge on any atom is -0.451 e. The average Bonchev–Trinajstić information content (AvgIpc) is 2.68. The van der Waals surface area contributed by atoms with E-state index in [0.717, 1.165) is 11.3 Å². The van der Waals surface area contributed by atoms with Gasteiger partial charge in [-0.15, -0.1) is 10.2 Å². The Labute approximate surface area is 132 Å². The number of carbonyl (C=O) groups excluding carboxylic acids is 1. The third-order valence-electron chi connectivity index (χ3n) is 3.46. The maximum Gasteiger partial charge on any atom is 0.247 e. The van der Waals surface area contributed by atoms with E-state index in [9.17, 15) is 4.79 Å². The standard InChI is InChI=1S/C15H16N4O2S/c1-4-12-19(9(2)20)11-8-6-5-7-10(11)13-14(21-12)16-15(22-3)18-17-13/h5-8,12H,4H2,1-3H3/t12-/m1/s1. The van der Waals surface area contributed by atoms with Crippen LogP contribution in [0.3, 0.4) is 0 Å². The van der Waals surface area contributed by atoms with Gasteiger partial charge in [0, 0.05) is 18.9 Å². The summed E-state index contributed by atoms with van der Waals surface area (Å²) in [7, 11) is 0. The first-order valence-corrected chi connectivity index (χ1v) is 8.22. The minimum absolute atomic E-state index is 0.0786. The number of carbonyl (C=O) groups is 1. The van der Waals surface area contributed by atoms with Gasteiger partial charge in [0.1, 0.15) is 0 Å². The zero-order valence-electron chi connectivity index (χ0n) is 12.6. The molecule has 0 spiro atoms. The molecule has 0 N–H and O–H groups in total. The fourth-order valence-corrected chi connectivity index (χ4v) is 2.79. The summed E-state index contributed by atoms with van der Waals surface area (Å²) in [6, 6.07) is 7.59. The van der Waals surface area contributed by atoms with E-state index >= 15 is 0 Å². The van der Waals surface area contributed by atoms with E-state index in [1.54, 1.807) is 4.90 Å². The molecule has 1 aromatic carbocycles. The number of amides is 1. The molecule has 0 saturated carbocycles. The summed E-state index contributed by atoms with van der Waals surface area (Å²) in [5, 5.41) is 8.89. The highest BCUT2D eigenvalue weighted by atomic mass is 32.2. The molecule has 22 heavy (non-hydrogen) atoms. The molecule has 0 aliphatic carbocycles. The highest BCUT2D eigenvalue weighted by Gasteiger charge is 2.32. The molecule has 2 aromatic rings. The van der Waals surface area contributed by atoms with E-state index in [0.29, 0.717) is 23.2 Å². The van der Waals surface area contributed by atoms with Gasteiger partial charge in [-0.3, -0.25) is 9.69 Å². The first-order valence-electron chi connectivity index (χ1n) is 7.00. The number of fused-ring (bicyclic) bond motifs is 3. The van der Waals surface area contributed by atoms with Crippen molar-refractivity contribution in [3.63, 3.8) is 0 Å². The van der Waals surface area contributed by atoms with Crippen molar-refractivity contribution in [3.8, 4) is 17.1 Å². The molecule has 1 amide bonds. The molecule has 1 aliphatic heterocycles. The van der Waals surface area contributed by atoms with Gasteiger partial charge >= 0.3 is 0 Å². The fourth-order valence-electron chi connectivity index (χ4n) is 2.49. The molecule has 3 rings (SSSR count). The summed E-state index contributed by atoms with van der Waals surface area (Å²) in [6.45, 7) is 3.50. The van der Waals surface area contributed by atoms with Gasteiger partial charge in [0.15, 0.2) is 11.9 Å². The molecule has 2 heterocycles. The summed E-state index contributed by atoms with van der Waals surface area (Å²) < 4.78 is 5.98. The van der Waals surface area contributed by atoms with Crippen molar-refractivity contribution < 1.29 is 9.53 Å². The van der Waals surface area contributed by atoms with Crippen LogP contribution >= 0.6 is 11.8 Å². The summed E-state index contributed by atoms with van der Waals surface area (Å²) in [5.41, 5.74) is 2.14. The fraction of sp³-hybridized carbons (Fsp3) is 0.333. The number of ether oxygens (including phenoxy) is 1. The van der Waals surface area contributed by atoms with Gasteiger partial charge in [-0.1, -0.05) is 36.9 Å². The number of nitrogens with zero attached hydrogens (tertiary/aromatic N) is 4. The molecule has 0 unspecified atom stereocenters. The predicted octanol–water partition coefficient (Wildman–Crippen LogP) is 2.74. The van der Waals surface area contributed by atoms with Crippen molar-refractivity contribution in [3.05, 3.63) is 24.3 Å².